The van der Waals surface area contributed by atoms with Crippen LogP contribution in [0.3, 0.4) is 0 Å². The van der Waals surface area contributed by atoms with Crippen LogP contribution in [0.15, 0.2) is 24.3 Å². The van der Waals surface area contributed by atoms with Gasteiger partial charge in [-0.25, -0.2) is 0 Å². The smallest absolute Gasteiger partial charge is 0.137 e. The minimum Gasteiger partial charge on any atom is -0.396 e. The average molecular weight is 248 g/mol. The maximum atomic E-state index is 11.7. The first kappa shape index (κ1) is 14.9. The largest absolute Gasteiger partial charge is 0.396 e. The standard InChI is InChI=1S/C16H24O2/c1-16(2,3)14-9-7-13(8-10-14)12-15(18)6-4-5-11-17/h7-10,17H,4-6,11-12H2,1-3H3. The summed E-state index contributed by atoms with van der Waals surface area (Å²) < 4.78 is 0. The summed E-state index contributed by atoms with van der Waals surface area (Å²) in [6, 6.07) is 8.31. The molecule has 0 aromatic heterocycles. The topological polar surface area (TPSA) is 37.3 Å². The number of carbonyl (C=O) groups is 1. The van der Waals surface area contributed by atoms with Crippen LogP contribution < -0.4 is 0 Å². The van der Waals surface area contributed by atoms with Gasteiger partial charge in [0, 0.05) is 19.4 Å². The van der Waals surface area contributed by atoms with Gasteiger partial charge in [-0.05, 0) is 29.4 Å². The van der Waals surface area contributed by atoms with Crippen LogP contribution in [0.4, 0.5) is 0 Å². The highest BCUT2D eigenvalue weighted by Gasteiger charge is 2.13. The normalized spacial score (nSPS) is 11.6. The van der Waals surface area contributed by atoms with E-state index in [1.165, 1.54) is 5.56 Å². The number of hydrogen-bond acceptors (Lipinski definition) is 2. The van der Waals surface area contributed by atoms with Gasteiger partial charge in [0.15, 0.2) is 0 Å². The first-order chi connectivity index (χ1) is 8.43. The van der Waals surface area contributed by atoms with Gasteiger partial charge in [-0.15, -0.1) is 0 Å². The van der Waals surface area contributed by atoms with Crippen LogP contribution in [0.1, 0.15) is 51.2 Å². The first-order valence-corrected chi connectivity index (χ1v) is 6.65. The number of ketones is 1. The van der Waals surface area contributed by atoms with E-state index in [4.69, 9.17) is 5.11 Å². The minimum atomic E-state index is 0.156. The summed E-state index contributed by atoms with van der Waals surface area (Å²) in [5, 5.41) is 8.66. The zero-order valence-corrected chi connectivity index (χ0v) is 11.7. The maximum absolute atomic E-state index is 11.7. The van der Waals surface area contributed by atoms with Gasteiger partial charge in [-0.1, -0.05) is 45.0 Å². The van der Waals surface area contributed by atoms with Crippen LogP contribution >= 0.6 is 0 Å². The fourth-order valence-electron chi connectivity index (χ4n) is 1.87. The van der Waals surface area contributed by atoms with E-state index >= 15 is 0 Å². The molecule has 0 saturated carbocycles. The van der Waals surface area contributed by atoms with Crippen molar-refractivity contribution in [3.63, 3.8) is 0 Å². The van der Waals surface area contributed by atoms with Gasteiger partial charge in [0.25, 0.3) is 0 Å². The molecule has 2 nitrogen and oxygen atoms in total. The zero-order valence-electron chi connectivity index (χ0n) is 11.7. The van der Waals surface area contributed by atoms with Gasteiger partial charge in [0.2, 0.25) is 0 Å². The molecule has 1 rings (SSSR count). The number of unbranched alkanes of at least 4 members (excludes halogenated alkanes) is 1. The summed E-state index contributed by atoms with van der Waals surface area (Å²) in [6.45, 7) is 6.72. The summed E-state index contributed by atoms with van der Waals surface area (Å²) in [7, 11) is 0. The quantitative estimate of drug-likeness (QED) is 0.785. The molecular formula is C16H24O2. The Morgan fingerprint density at radius 1 is 1.11 bits per heavy atom. The van der Waals surface area contributed by atoms with Crippen LogP contribution in [0, 0.1) is 0 Å². The Morgan fingerprint density at radius 2 is 1.72 bits per heavy atom. The zero-order chi connectivity index (χ0) is 13.6. The third-order valence-corrected chi connectivity index (χ3v) is 3.08. The Bertz CT molecular complexity index is 371. The number of hydrogen-bond donors (Lipinski definition) is 1. The SMILES string of the molecule is CC(C)(C)c1ccc(CC(=O)CCCCO)cc1. The second kappa shape index (κ2) is 6.69. The highest BCUT2D eigenvalue weighted by molar-refractivity contribution is 5.80. The molecule has 0 aliphatic heterocycles. The van der Waals surface area contributed by atoms with Gasteiger partial charge in [-0.3, -0.25) is 4.79 Å². The van der Waals surface area contributed by atoms with Crippen molar-refractivity contribution >= 4 is 5.78 Å². The molecule has 100 valence electrons. The van der Waals surface area contributed by atoms with Gasteiger partial charge >= 0.3 is 0 Å². The van der Waals surface area contributed by atoms with Gasteiger partial charge in [0.1, 0.15) is 5.78 Å². The van der Waals surface area contributed by atoms with Crippen molar-refractivity contribution < 1.29 is 9.90 Å². The van der Waals surface area contributed by atoms with Crippen molar-refractivity contribution in [1.29, 1.82) is 0 Å². The highest BCUT2D eigenvalue weighted by atomic mass is 16.2. The molecule has 1 aromatic carbocycles. The Labute approximate surface area is 110 Å². The summed E-state index contributed by atoms with van der Waals surface area (Å²) in [5.41, 5.74) is 2.53. The summed E-state index contributed by atoms with van der Waals surface area (Å²) in [4.78, 5) is 11.7. The molecule has 2 heteroatoms. The number of aliphatic hydroxyl groups is 1. The number of carbonyl (C=O) groups excluding carboxylic acids is 1. The Morgan fingerprint density at radius 3 is 2.22 bits per heavy atom. The first-order valence-electron chi connectivity index (χ1n) is 6.65. The maximum Gasteiger partial charge on any atom is 0.137 e. The van der Waals surface area contributed by atoms with Crippen molar-refractivity contribution in [2.24, 2.45) is 0 Å². The van der Waals surface area contributed by atoms with Gasteiger partial charge in [-0.2, -0.15) is 0 Å². The predicted octanol–water partition coefficient (Wildman–Crippen LogP) is 3.26. The molecule has 1 aromatic rings. The van der Waals surface area contributed by atoms with E-state index in [2.05, 4.69) is 32.9 Å². The molecule has 0 heterocycles. The molecular weight excluding hydrogens is 224 g/mol. The Kier molecular flexibility index (Phi) is 5.54. The second-order valence-corrected chi connectivity index (χ2v) is 5.84. The number of aliphatic hydroxyl groups excluding tert-OH is 1. The van der Waals surface area contributed by atoms with Crippen molar-refractivity contribution in [2.45, 2.75) is 51.9 Å². The lowest BCUT2D eigenvalue weighted by molar-refractivity contribution is -0.118. The molecule has 0 fully saturated rings. The lowest BCUT2D eigenvalue weighted by Gasteiger charge is -2.19. The highest BCUT2D eigenvalue weighted by Crippen LogP contribution is 2.22. The second-order valence-electron chi connectivity index (χ2n) is 5.84. The Balaban J connectivity index is 2.51. The molecule has 0 radical (unpaired) electrons. The summed E-state index contributed by atoms with van der Waals surface area (Å²) in [6.07, 6.45) is 2.58. The number of rotatable bonds is 6. The van der Waals surface area contributed by atoms with E-state index in [1.54, 1.807) is 0 Å². The van der Waals surface area contributed by atoms with Crippen LogP contribution in [-0.4, -0.2) is 17.5 Å². The van der Waals surface area contributed by atoms with E-state index in [0.29, 0.717) is 19.3 Å². The summed E-state index contributed by atoms with van der Waals surface area (Å²) in [5.74, 6) is 0.256. The fraction of sp³-hybridized carbons (Fsp3) is 0.562. The van der Waals surface area contributed by atoms with E-state index in [-0.39, 0.29) is 17.8 Å². The van der Waals surface area contributed by atoms with E-state index in [9.17, 15) is 4.79 Å². The molecule has 0 spiro atoms. The van der Waals surface area contributed by atoms with Crippen molar-refractivity contribution in [3.05, 3.63) is 35.4 Å². The molecule has 18 heavy (non-hydrogen) atoms. The van der Waals surface area contributed by atoms with Crippen LogP contribution in [0.5, 0.6) is 0 Å². The van der Waals surface area contributed by atoms with Crippen molar-refractivity contribution in [3.8, 4) is 0 Å². The van der Waals surface area contributed by atoms with Crippen LogP contribution in [0.2, 0.25) is 0 Å². The number of Topliss-reactive ketones (excluding diaryl/α,β-unsaturated/α-hetero) is 1. The molecule has 1 N–H and O–H groups in total. The van der Waals surface area contributed by atoms with E-state index in [1.807, 2.05) is 12.1 Å². The van der Waals surface area contributed by atoms with Crippen molar-refractivity contribution in [2.75, 3.05) is 6.61 Å². The average Bonchev–Trinajstić information content (AvgIpc) is 2.29. The third kappa shape index (κ3) is 5.01. The predicted molar refractivity (Wildman–Crippen MR) is 74.8 cm³/mol. The van der Waals surface area contributed by atoms with Crippen LogP contribution in [0.25, 0.3) is 0 Å². The summed E-state index contributed by atoms with van der Waals surface area (Å²) >= 11 is 0. The van der Waals surface area contributed by atoms with Crippen LogP contribution in [-0.2, 0) is 16.6 Å². The van der Waals surface area contributed by atoms with Crippen molar-refractivity contribution in [1.82, 2.24) is 0 Å². The minimum absolute atomic E-state index is 0.156. The number of benzene rings is 1. The van der Waals surface area contributed by atoms with E-state index in [0.717, 1.165) is 12.0 Å². The van der Waals surface area contributed by atoms with Gasteiger partial charge in [0.05, 0.1) is 0 Å². The van der Waals surface area contributed by atoms with E-state index < -0.39 is 0 Å². The lowest BCUT2D eigenvalue weighted by atomic mass is 9.86. The lowest BCUT2D eigenvalue weighted by Crippen LogP contribution is -2.11. The molecule has 0 aliphatic carbocycles. The Hall–Kier alpha value is -1.15. The van der Waals surface area contributed by atoms with Gasteiger partial charge < -0.3 is 5.11 Å². The third-order valence-electron chi connectivity index (χ3n) is 3.08. The molecule has 0 atom stereocenters. The molecule has 0 aliphatic rings. The molecule has 0 bridgehead atoms. The monoisotopic (exact) mass is 248 g/mol. The molecule has 0 unspecified atom stereocenters. The fourth-order valence-corrected chi connectivity index (χ4v) is 1.87. The molecule has 0 amide bonds. The molecule has 0 saturated heterocycles.